The van der Waals surface area contributed by atoms with Gasteiger partial charge in [-0.25, -0.2) is 9.97 Å². The first kappa shape index (κ1) is 21.3. The first-order chi connectivity index (χ1) is 16.6. The van der Waals surface area contributed by atoms with Gasteiger partial charge in [0.2, 0.25) is 11.8 Å². The number of fused-ring (bicyclic) bond motifs is 1. The largest absolute Gasteiger partial charge is 0.473 e. The molecule has 0 saturated carbocycles. The lowest BCUT2D eigenvalue weighted by Gasteiger charge is -2.43. The lowest BCUT2D eigenvalue weighted by molar-refractivity contribution is -0.119. The maximum absolute atomic E-state index is 11.6. The number of rotatable bonds is 6. The Morgan fingerprint density at radius 2 is 2.00 bits per heavy atom. The van der Waals surface area contributed by atoms with Gasteiger partial charge in [-0.1, -0.05) is 0 Å². The van der Waals surface area contributed by atoms with E-state index in [-0.39, 0.29) is 17.9 Å². The monoisotopic (exact) mass is 463 g/mol. The van der Waals surface area contributed by atoms with E-state index in [9.17, 15) is 4.79 Å². The summed E-state index contributed by atoms with van der Waals surface area (Å²) in [7, 11) is 0. The molecule has 0 spiro atoms. The molecule has 6 heterocycles. The number of amides is 1. The van der Waals surface area contributed by atoms with Crippen molar-refractivity contribution < 1.29 is 14.3 Å². The zero-order chi connectivity index (χ0) is 23.1. The Balaban J connectivity index is 1.19. The summed E-state index contributed by atoms with van der Waals surface area (Å²) in [4.78, 5) is 33.5. The second kappa shape index (κ2) is 8.84. The van der Waals surface area contributed by atoms with Gasteiger partial charge in [0.1, 0.15) is 6.10 Å². The smallest absolute Gasteiger partial charge is 0.243 e. The van der Waals surface area contributed by atoms with Crippen molar-refractivity contribution in [3.63, 3.8) is 0 Å². The van der Waals surface area contributed by atoms with Crippen molar-refractivity contribution in [2.24, 2.45) is 5.92 Å². The van der Waals surface area contributed by atoms with E-state index in [1.807, 2.05) is 25.3 Å². The number of imidazole rings is 1. The fraction of sp³-hybridized carbons (Fsp3) is 0.500. The lowest BCUT2D eigenvalue weighted by Crippen LogP contribution is -2.56. The van der Waals surface area contributed by atoms with E-state index in [0.29, 0.717) is 30.4 Å². The van der Waals surface area contributed by atoms with E-state index in [0.717, 1.165) is 62.0 Å². The predicted octanol–water partition coefficient (Wildman–Crippen LogP) is 1.44. The number of aromatic nitrogens is 4. The Hall–Kier alpha value is -3.24. The molecule has 10 heteroatoms. The van der Waals surface area contributed by atoms with Crippen molar-refractivity contribution in [3.05, 3.63) is 30.7 Å². The van der Waals surface area contributed by atoms with Crippen LogP contribution < -0.4 is 15.0 Å². The molecule has 0 radical (unpaired) electrons. The molecule has 0 aliphatic carbocycles. The highest BCUT2D eigenvalue weighted by atomic mass is 16.5. The number of anilines is 1. The average Bonchev–Trinajstić information content (AvgIpc) is 3.48. The summed E-state index contributed by atoms with van der Waals surface area (Å²) < 4.78 is 11.5. The number of nitrogens with one attached hydrogen (secondary N) is 2. The van der Waals surface area contributed by atoms with Crippen LogP contribution in [0.2, 0.25) is 0 Å². The molecular weight excluding hydrogens is 434 g/mol. The minimum atomic E-state index is -0.165. The third kappa shape index (κ3) is 4.07. The van der Waals surface area contributed by atoms with E-state index >= 15 is 0 Å². The van der Waals surface area contributed by atoms with Crippen molar-refractivity contribution in [3.8, 4) is 17.3 Å². The van der Waals surface area contributed by atoms with Gasteiger partial charge < -0.3 is 24.7 Å². The number of hydrogen-bond donors (Lipinski definition) is 2. The fourth-order valence-corrected chi connectivity index (χ4v) is 4.87. The second-order valence-corrected chi connectivity index (χ2v) is 9.32. The van der Waals surface area contributed by atoms with Crippen molar-refractivity contribution in [2.75, 3.05) is 50.8 Å². The highest BCUT2D eigenvalue weighted by molar-refractivity contribution is 5.83. The van der Waals surface area contributed by atoms with Gasteiger partial charge >= 0.3 is 0 Å². The second-order valence-electron chi connectivity index (χ2n) is 9.32. The molecule has 3 aromatic heterocycles. The minimum Gasteiger partial charge on any atom is -0.473 e. The van der Waals surface area contributed by atoms with Crippen LogP contribution in [0.25, 0.3) is 22.4 Å². The average molecular weight is 464 g/mol. The van der Waals surface area contributed by atoms with Crippen LogP contribution in [0.3, 0.4) is 0 Å². The zero-order valence-corrected chi connectivity index (χ0v) is 19.2. The summed E-state index contributed by atoms with van der Waals surface area (Å²) in [6.45, 7) is 8.41. The van der Waals surface area contributed by atoms with Gasteiger partial charge in [-0.3, -0.25) is 14.7 Å². The van der Waals surface area contributed by atoms with Crippen LogP contribution in [-0.4, -0.2) is 88.8 Å². The first-order valence-electron chi connectivity index (χ1n) is 11.9. The van der Waals surface area contributed by atoms with E-state index < -0.39 is 0 Å². The van der Waals surface area contributed by atoms with Crippen LogP contribution in [0.4, 0.5) is 5.69 Å². The summed E-state index contributed by atoms with van der Waals surface area (Å²) in [5.74, 6) is 0.638. The highest BCUT2D eigenvalue weighted by Gasteiger charge is 2.30. The molecule has 6 rings (SSSR count). The third-order valence-electron chi connectivity index (χ3n) is 7.17. The molecule has 3 fully saturated rings. The topological polar surface area (TPSA) is 108 Å². The number of aromatic amines is 1. The summed E-state index contributed by atoms with van der Waals surface area (Å²) in [5.41, 5.74) is 4.15. The van der Waals surface area contributed by atoms with Crippen LogP contribution >= 0.6 is 0 Å². The maximum atomic E-state index is 11.6. The Kier molecular flexibility index (Phi) is 5.54. The Morgan fingerprint density at radius 1 is 1.15 bits per heavy atom. The highest BCUT2D eigenvalue weighted by Crippen LogP contribution is 2.29. The quantitative estimate of drug-likeness (QED) is 0.566. The van der Waals surface area contributed by atoms with Crippen LogP contribution in [-0.2, 0) is 9.53 Å². The van der Waals surface area contributed by atoms with Crippen LogP contribution in [0.5, 0.6) is 5.88 Å². The molecule has 2 N–H and O–H groups in total. The Labute approximate surface area is 197 Å². The molecule has 3 aliphatic rings. The van der Waals surface area contributed by atoms with E-state index in [2.05, 4.69) is 31.2 Å². The summed E-state index contributed by atoms with van der Waals surface area (Å²) in [5, 5.41) is 2.87. The number of carbonyl (C=O) groups excluding carboxylic acids is 1. The van der Waals surface area contributed by atoms with Gasteiger partial charge in [-0.15, -0.1) is 0 Å². The van der Waals surface area contributed by atoms with Gasteiger partial charge in [0.25, 0.3) is 0 Å². The summed E-state index contributed by atoms with van der Waals surface area (Å²) in [6.07, 6.45) is 3.87. The van der Waals surface area contributed by atoms with E-state index in [1.54, 1.807) is 6.33 Å². The minimum absolute atomic E-state index is 0.0647. The van der Waals surface area contributed by atoms with Crippen molar-refractivity contribution in [1.29, 1.82) is 0 Å². The molecule has 0 unspecified atom stereocenters. The molecule has 178 valence electrons. The number of H-pyrrole nitrogens is 1. The molecule has 0 bridgehead atoms. The molecule has 3 saturated heterocycles. The number of nitrogens with zero attached hydrogens (tertiary/aromatic N) is 5. The summed E-state index contributed by atoms with van der Waals surface area (Å²) in [6, 6.07) is 6.67. The Bertz CT molecular complexity index is 1170. The molecule has 10 nitrogen and oxygen atoms in total. The van der Waals surface area contributed by atoms with Crippen LogP contribution in [0.1, 0.15) is 13.3 Å². The van der Waals surface area contributed by atoms with E-state index in [1.165, 1.54) is 0 Å². The molecule has 2 atom stereocenters. The summed E-state index contributed by atoms with van der Waals surface area (Å²) >= 11 is 0. The SMILES string of the molecule is C[C@@H](Oc1nc(-c2ccc(N3CCN(C4COC4)CC3)cn2)cc2[nH]cnc12)[C@H]1CNC(=O)C1. The number of piperazine rings is 1. The van der Waals surface area contributed by atoms with Crippen LogP contribution in [0.15, 0.2) is 30.7 Å². The van der Waals surface area contributed by atoms with Gasteiger partial charge in [-0.05, 0) is 25.1 Å². The number of hydrogen-bond acceptors (Lipinski definition) is 8. The van der Waals surface area contributed by atoms with Gasteiger partial charge in [0.05, 0.1) is 54.4 Å². The van der Waals surface area contributed by atoms with Crippen LogP contribution in [0, 0.1) is 5.92 Å². The van der Waals surface area contributed by atoms with Gasteiger partial charge in [-0.2, -0.15) is 0 Å². The first-order valence-corrected chi connectivity index (χ1v) is 11.9. The molecule has 34 heavy (non-hydrogen) atoms. The number of ether oxygens (including phenoxy) is 2. The Morgan fingerprint density at radius 3 is 2.68 bits per heavy atom. The van der Waals surface area contributed by atoms with Crippen molar-refractivity contribution in [2.45, 2.75) is 25.5 Å². The molecule has 1 amide bonds. The van der Waals surface area contributed by atoms with E-state index in [4.69, 9.17) is 19.4 Å². The molecular formula is C24H29N7O3. The van der Waals surface area contributed by atoms with Crippen molar-refractivity contribution in [1.82, 2.24) is 30.2 Å². The van der Waals surface area contributed by atoms with Crippen molar-refractivity contribution >= 4 is 22.6 Å². The lowest BCUT2D eigenvalue weighted by atomic mass is 10.0. The fourth-order valence-electron chi connectivity index (χ4n) is 4.87. The number of pyridine rings is 2. The predicted molar refractivity (Wildman–Crippen MR) is 127 cm³/mol. The maximum Gasteiger partial charge on any atom is 0.243 e. The third-order valence-corrected chi connectivity index (χ3v) is 7.17. The standard InChI is InChI=1S/C24H29N7O3/c1-15(16-8-22(32)26-10-16)34-24-23-21(27-14-28-23)9-20(29-24)19-3-2-17(11-25-19)30-4-6-31(7-5-30)18-12-33-13-18/h2-3,9,11,14-16,18H,4-8,10,12-13H2,1H3,(H,26,32)(H,27,28)/t15-,16-/m1/s1. The molecule has 3 aromatic rings. The zero-order valence-electron chi connectivity index (χ0n) is 19.2. The molecule has 0 aromatic carbocycles. The molecule has 3 aliphatic heterocycles. The van der Waals surface area contributed by atoms with Gasteiger partial charge in [0, 0.05) is 45.1 Å². The number of carbonyl (C=O) groups is 1. The van der Waals surface area contributed by atoms with Gasteiger partial charge in [0.15, 0.2) is 5.52 Å². The normalized spacial score (nSPS) is 22.6.